The Bertz CT molecular complexity index is 836. The van der Waals surface area contributed by atoms with Gasteiger partial charge in [0.1, 0.15) is 0 Å². The molecule has 25 heavy (non-hydrogen) atoms. The van der Waals surface area contributed by atoms with Gasteiger partial charge in [-0.2, -0.15) is 5.10 Å². The van der Waals surface area contributed by atoms with Crippen molar-refractivity contribution in [2.24, 2.45) is 5.10 Å². The van der Waals surface area contributed by atoms with Crippen molar-refractivity contribution in [2.45, 2.75) is 13.8 Å². The van der Waals surface area contributed by atoms with Crippen molar-refractivity contribution < 1.29 is 18.8 Å². The van der Waals surface area contributed by atoms with Crippen LogP contribution in [0.3, 0.4) is 0 Å². The van der Waals surface area contributed by atoms with E-state index in [1.54, 1.807) is 32.0 Å². The van der Waals surface area contributed by atoms with Crippen molar-refractivity contribution in [3.8, 4) is 5.75 Å². The summed E-state index contributed by atoms with van der Waals surface area (Å²) in [5.41, 5.74) is 3.67. The lowest BCUT2D eigenvalue weighted by molar-refractivity contribution is -0.385. The van der Waals surface area contributed by atoms with Crippen molar-refractivity contribution in [1.29, 1.82) is 0 Å². The molecule has 0 aliphatic heterocycles. The topological polar surface area (TPSA) is 93.8 Å². The van der Waals surface area contributed by atoms with Gasteiger partial charge in [0.2, 0.25) is 0 Å². The maximum absolute atomic E-state index is 13.4. The van der Waals surface area contributed by atoms with Gasteiger partial charge in [-0.3, -0.25) is 14.9 Å². The molecule has 8 heteroatoms. The predicted molar refractivity (Wildman–Crippen MR) is 90.1 cm³/mol. The van der Waals surface area contributed by atoms with Crippen LogP contribution in [0.25, 0.3) is 0 Å². The van der Waals surface area contributed by atoms with E-state index in [2.05, 4.69) is 10.5 Å². The standard InChI is InChI=1S/C17H16FN3O4/c1-11-7-8-13(9-15(11)21(23)24)12(2)19-20-17(22)10-25-16-6-4-3-5-14(16)18/h3-9H,10H2,1-2H3,(H,20,22)/b19-12+. The molecule has 2 rings (SSSR count). The van der Waals surface area contributed by atoms with Crippen LogP contribution in [-0.2, 0) is 4.79 Å². The maximum Gasteiger partial charge on any atom is 0.277 e. The minimum absolute atomic E-state index is 0.0266. The van der Waals surface area contributed by atoms with Crippen LogP contribution >= 0.6 is 0 Å². The minimum Gasteiger partial charge on any atom is -0.481 e. The third-order valence-corrected chi connectivity index (χ3v) is 3.37. The number of nitro benzene ring substituents is 1. The number of ether oxygens (including phenoxy) is 1. The number of halogens is 1. The zero-order chi connectivity index (χ0) is 18.4. The van der Waals surface area contributed by atoms with Gasteiger partial charge in [-0.05, 0) is 26.0 Å². The fourth-order valence-electron chi connectivity index (χ4n) is 1.98. The number of para-hydroxylation sites is 1. The van der Waals surface area contributed by atoms with Crippen LogP contribution in [0.2, 0.25) is 0 Å². The number of carbonyl (C=O) groups is 1. The fraction of sp³-hybridized carbons (Fsp3) is 0.176. The van der Waals surface area contributed by atoms with Gasteiger partial charge in [-0.15, -0.1) is 0 Å². The number of amides is 1. The number of nitrogens with one attached hydrogen (secondary N) is 1. The third-order valence-electron chi connectivity index (χ3n) is 3.37. The first-order valence-corrected chi connectivity index (χ1v) is 7.34. The zero-order valence-corrected chi connectivity index (χ0v) is 13.7. The summed E-state index contributed by atoms with van der Waals surface area (Å²) in [5.74, 6) is -1.18. The second-order valence-electron chi connectivity index (χ2n) is 5.21. The molecule has 0 unspecified atom stereocenters. The van der Waals surface area contributed by atoms with E-state index in [4.69, 9.17) is 4.74 Å². The van der Waals surface area contributed by atoms with Gasteiger partial charge in [-0.25, -0.2) is 9.82 Å². The second kappa shape index (κ2) is 8.00. The minimum atomic E-state index is -0.579. The third kappa shape index (κ3) is 4.84. The smallest absolute Gasteiger partial charge is 0.277 e. The van der Waals surface area contributed by atoms with Gasteiger partial charge in [0, 0.05) is 17.2 Å². The van der Waals surface area contributed by atoms with Crippen molar-refractivity contribution in [1.82, 2.24) is 5.43 Å². The monoisotopic (exact) mass is 345 g/mol. The highest BCUT2D eigenvalue weighted by Gasteiger charge is 2.12. The molecular weight excluding hydrogens is 329 g/mol. The second-order valence-corrected chi connectivity index (χ2v) is 5.21. The SMILES string of the molecule is C/C(=N\NC(=O)COc1ccccc1F)c1ccc(C)c([N+](=O)[O-])c1. The summed E-state index contributed by atoms with van der Waals surface area (Å²) >= 11 is 0. The van der Waals surface area contributed by atoms with E-state index in [1.807, 2.05) is 0 Å². The summed E-state index contributed by atoms with van der Waals surface area (Å²) in [6.45, 7) is 2.83. The van der Waals surface area contributed by atoms with Crippen LogP contribution in [-0.4, -0.2) is 23.1 Å². The Balaban J connectivity index is 1.99. The molecule has 0 saturated carbocycles. The summed E-state index contributed by atoms with van der Waals surface area (Å²) in [7, 11) is 0. The predicted octanol–water partition coefficient (Wildman–Crippen LogP) is 2.96. The molecule has 0 atom stereocenters. The van der Waals surface area contributed by atoms with E-state index in [0.29, 0.717) is 16.8 Å². The molecule has 0 spiro atoms. The van der Waals surface area contributed by atoms with Gasteiger partial charge in [0.15, 0.2) is 18.2 Å². The Hall–Kier alpha value is -3.29. The Morgan fingerprint density at radius 3 is 2.72 bits per heavy atom. The van der Waals surface area contributed by atoms with Gasteiger partial charge in [0.25, 0.3) is 11.6 Å². The molecule has 2 aromatic carbocycles. The first kappa shape index (κ1) is 18.1. The Morgan fingerprint density at radius 2 is 2.04 bits per heavy atom. The molecule has 1 amide bonds. The molecule has 0 fully saturated rings. The molecule has 0 radical (unpaired) electrons. The van der Waals surface area contributed by atoms with E-state index >= 15 is 0 Å². The van der Waals surface area contributed by atoms with Crippen LogP contribution in [0.15, 0.2) is 47.6 Å². The number of hydrogen-bond donors (Lipinski definition) is 1. The number of nitrogens with zero attached hydrogens (tertiary/aromatic N) is 2. The Morgan fingerprint density at radius 1 is 1.32 bits per heavy atom. The quantitative estimate of drug-likeness (QED) is 0.495. The number of hydrazone groups is 1. The van der Waals surface area contributed by atoms with Gasteiger partial charge >= 0.3 is 0 Å². The van der Waals surface area contributed by atoms with Crippen molar-refractivity contribution in [3.63, 3.8) is 0 Å². The van der Waals surface area contributed by atoms with E-state index < -0.39 is 23.3 Å². The zero-order valence-electron chi connectivity index (χ0n) is 13.7. The molecule has 0 saturated heterocycles. The van der Waals surface area contributed by atoms with Crippen LogP contribution in [0, 0.1) is 22.9 Å². The van der Waals surface area contributed by atoms with Crippen molar-refractivity contribution in [3.05, 3.63) is 69.5 Å². The molecule has 0 heterocycles. The van der Waals surface area contributed by atoms with E-state index in [0.717, 1.165) is 0 Å². The first-order valence-electron chi connectivity index (χ1n) is 7.34. The van der Waals surface area contributed by atoms with E-state index in [-0.39, 0.29) is 11.4 Å². The molecule has 0 aliphatic carbocycles. The number of rotatable bonds is 6. The molecule has 0 aromatic heterocycles. The summed E-state index contributed by atoms with van der Waals surface area (Å²) in [5, 5.41) is 14.8. The first-order chi connectivity index (χ1) is 11.9. The average Bonchev–Trinajstić information content (AvgIpc) is 2.59. The molecule has 2 aromatic rings. The molecule has 130 valence electrons. The molecule has 0 bridgehead atoms. The van der Waals surface area contributed by atoms with E-state index in [1.165, 1.54) is 24.3 Å². The molecule has 0 aliphatic rings. The highest BCUT2D eigenvalue weighted by atomic mass is 19.1. The largest absolute Gasteiger partial charge is 0.481 e. The molecule has 1 N–H and O–H groups in total. The summed E-state index contributed by atoms with van der Waals surface area (Å²) in [6.07, 6.45) is 0. The average molecular weight is 345 g/mol. The van der Waals surface area contributed by atoms with Gasteiger partial charge in [0.05, 0.1) is 10.6 Å². The number of benzene rings is 2. The number of carbonyl (C=O) groups excluding carboxylic acids is 1. The van der Waals surface area contributed by atoms with Gasteiger partial charge in [-0.1, -0.05) is 24.3 Å². The Kier molecular flexibility index (Phi) is 5.78. The lowest BCUT2D eigenvalue weighted by Crippen LogP contribution is -2.25. The molecular formula is C17H16FN3O4. The van der Waals surface area contributed by atoms with Crippen molar-refractivity contribution >= 4 is 17.3 Å². The lowest BCUT2D eigenvalue weighted by Gasteiger charge is -2.07. The summed E-state index contributed by atoms with van der Waals surface area (Å²) < 4.78 is 18.4. The number of nitro groups is 1. The fourth-order valence-corrected chi connectivity index (χ4v) is 1.98. The molecule has 7 nitrogen and oxygen atoms in total. The lowest BCUT2D eigenvalue weighted by atomic mass is 10.1. The number of aryl methyl sites for hydroxylation is 1. The number of hydrogen-bond acceptors (Lipinski definition) is 5. The van der Waals surface area contributed by atoms with E-state index in [9.17, 15) is 19.3 Å². The van der Waals surface area contributed by atoms with Gasteiger partial charge < -0.3 is 4.74 Å². The van der Waals surface area contributed by atoms with Crippen LogP contribution < -0.4 is 10.2 Å². The van der Waals surface area contributed by atoms with Crippen LogP contribution in [0.4, 0.5) is 10.1 Å². The Labute approximate surface area is 143 Å². The highest BCUT2D eigenvalue weighted by Crippen LogP contribution is 2.19. The normalized spacial score (nSPS) is 11.1. The summed E-state index contributed by atoms with van der Waals surface area (Å²) in [6, 6.07) is 10.4. The maximum atomic E-state index is 13.4. The van der Waals surface area contributed by atoms with Crippen molar-refractivity contribution in [2.75, 3.05) is 6.61 Å². The summed E-state index contributed by atoms with van der Waals surface area (Å²) in [4.78, 5) is 22.2. The van der Waals surface area contributed by atoms with Crippen LogP contribution in [0.1, 0.15) is 18.1 Å². The van der Waals surface area contributed by atoms with Crippen LogP contribution in [0.5, 0.6) is 5.75 Å². The highest BCUT2D eigenvalue weighted by molar-refractivity contribution is 5.99.